The second kappa shape index (κ2) is 11.3. The Hall–Kier alpha value is -1.12. The van der Waals surface area contributed by atoms with E-state index in [2.05, 4.69) is 93.5 Å². The number of aliphatic hydroxyl groups is 2. The van der Waals surface area contributed by atoms with Gasteiger partial charge < -0.3 is 10.2 Å². The van der Waals surface area contributed by atoms with E-state index in [1.165, 1.54) is 11.1 Å². The first-order chi connectivity index (χ1) is 16.7. The van der Waals surface area contributed by atoms with Crippen molar-refractivity contribution >= 4 is 0 Å². The van der Waals surface area contributed by atoms with Gasteiger partial charge in [-0.3, -0.25) is 0 Å². The highest BCUT2D eigenvalue weighted by Gasteiger charge is 2.46. The minimum Gasteiger partial charge on any atom is -0.393 e. The van der Waals surface area contributed by atoms with E-state index in [9.17, 15) is 10.2 Å². The zero-order valence-electron chi connectivity index (χ0n) is 25.1. The van der Waals surface area contributed by atoms with E-state index in [0.717, 1.165) is 38.5 Å². The number of allylic oxidation sites excluding steroid dienone is 6. The molecule has 4 rings (SSSR count). The lowest BCUT2D eigenvalue weighted by Crippen LogP contribution is -2.41. The van der Waals surface area contributed by atoms with Crippen molar-refractivity contribution in [2.75, 3.05) is 0 Å². The number of fused-ring (bicyclic) bond motifs is 2. The molecule has 5 unspecified atom stereocenters. The molecule has 0 bridgehead atoms. The van der Waals surface area contributed by atoms with Gasteiger partial charge in [-0.15, -0.1) is 0 Å². The van der Waals surface area contributed by atoms with Crippen LogP contribution in [0.1, 0.15) is 108 Å². The van der Waals surface area contributed by atoms with Crippen molar-refractivity contribution in [3.8, 4) is 0 Å². The highest BCUT2D eigenvalue weighted by molar-refractivity contribution is 5.37. The van der Waals surface area contributed by atoms with Crippen molar-refractivity contribution in [1.82, 2.24) is 0 Å². The van der Waals surface area contributed by atoms with Gasteiger partial charge in [0.2, 0.25) is 0 Å². The number of hydrogen-bond donors (Lipinski definition) is 2. The van der Waals surface area contributed by atoms with E-state index < -0.39 is 0 Å². The van der Waals surface area contributed by atoms with Crippen LogP contribution in [-0.2, 0) is 0 Å². The molecule has 0 aromatic rings. The molecule has 4 aliphatic rings. The average Bonchev–Trinajstić information content (AvgIpc) is 2.78. The van der Waals surface area contributed by atoms with Crippen molar-refractivity contribution in [1.29, 1.82) is 0 Å². The van der Waals surface area contributed by atoms with Crippen LogP contribution in [-0.4, -0.2) is 22.4 Å². The van der Waals surface area contributed by atoms with Gasteiger partial charge in [0, 0.05) is 0 Å². The maximum atomic E-state index is 9.90. The van der Waals surface area contributed by atoms with Crippen LogP contribution in [0.25, 0.3) is 0 Å². The van der Waals surface area contributed by atoms with E-state index in [4.69, 9.17) is 0 Å². The van der Waals surface area contributed by atoms with Gasteiger partial charge >= 0.3 is 0 Å². The minimum atomic E-state index is -0.119. The first-order valence-corrected chi connectivity index (χ1v) is 14.9. The summed E-state index contributed by atoms with van der Waals surface area (Å²) in [6.45, 7) is 23.5. The summed E-state index contributed by atoms with van der Waals surface area (Å²) in [5.41, 5.74) is 6.72. The fourth-order valence-electron chi connectivity index (χ4n) is 8.34. The lowest BCUT2D eigenvalue weighted by molar-refractivity contribution is 0.0747. The van der Waals surface area contributed by atoms with E-state index in [1.54, 1.807) is 11.1 Å². The third-order valence-electron chi connectivity index (χ3n) is 10.1. The van der Waals surface area contributed by atoms with Crippen LogP contribution >= 0.6 is 0 Å². The van der Waals surface area contributed by atoms with Gasteiger partial charge in [0.15, 0.2) is 0 Å². The minimum absolute atomic E-state index is 0.119. The van der Waals surface area contributed by atoms with Crippen LogP contribution in [0.3, 0.4) is 0 Å². The molecule has 0 saturated heterocycles. The Morgan fingerprint density at radius 3 is 1.22 bits per heavy atom. The largest absolute Gasteiger partial charge is 0.393 e. The molecule has 2 saturated carbocycles. The van der Waals surface area contributed by atoms with E-state index in [1.807, 2.05) is 0 Å². The van der Waals surface area contributed by atoms with Crippen molar-refractivity contribution < 1.29 is 10.2 Å². The van der Waals surface area contributed by atoms with Crippen molar-refractivity contribution in [3.05, 3.63) is 46.6 Å². The number of rotatable bonds is 4. The van der Waals surface area contributed by atoms with Crippen LogP contribution in [0.15, 0.2) is 46.6 Å². The first kappa shape index (κ1) is 29.4. The lowest BCUT2D eigenvalue weighted by Gasteiger charge is -2.50. The van der Waals surface area contributed by atoms with E-state index >= 15 is 0 Å². The summed E-state index contributed by atoms with van der Waals surface area (Å²) in [4.78, 5) is 0. The third kappa shape index (κ3) is 5.65. The molecule has 4 aliphatic carbocycles. The molecule has 2 nitrogen and oxygen atoms in total. The average molecular weight is 497 g/mol. The first-order valence-electron chi connectivity index (χ1n) is 14.9. The third-order valence-corrected chi connectivity index (χ3v) is 10.1. The Kier molecular flexibility index (Phi) is 9.26. The van der Waals surface area contributed by atoms with E-state index in [0.29, 0.717) is 35.5 Å². The van der Waals surface area contributed by atoms with Gasteiger partial charge in [0.05, 0.1) is 12.2 Å². The summed E-state index contributed by atoms with van der Waals surface area (Å²) >= 11 is 0. The molecular formula is C34H56O2. The molecule has 2 heteroatoms. The molecule has 36 heavy (non-hydrogen) atoms. The summed E-state index contributed by atoms with van der Waals surface area (Å²) in [5.74, 6) is 3.87. The molecule has 0 aromatic carbocycles. The monoisotopic (exact) mass is 496 g/mol. The standard InChI is InChI=1S/2C17H28O/c2*1-11(2)15-7-6-13-10-14(18)8-9-17(13,5)16(15)12(3)4/h2*6-7,11-12,14,16,18H,8-10H2,1-5H3/t14-,16?,17?;/m0./s1. The van der Waals surface area contributed by atoms with Crippen molar-refractivity contribution in [2.45, 2.75) is 120 Å². The fourth-order valence-corrected chi connectivity index (χ4v) is 8.34. The molecule has 0 aromatic heterocycles. The SMILES string of the molecule is CC(C)C1=CC=C2CC(O)CCC2(C)C1C(C)C.CC(C)C1=CC=C2C[C@@H](O)CCC2(C)C1C(C)C. The van der Waals surface area contributed by atoms with Crippen LogP contribution in [0.2, 0.25) is 0 Å². The van der Waals surface area contributed by atoms with Gasteiger partial charge in [-0.05, 0) is 84.9 Å². The molecule has 2 fully saturated rings. The molecule has 0 heterocycles. The van der Waals surface area contributed by atoms with Crippen LogP contribution < -0.4 is 0 Å². The quantitative estimate of drug-likeness (QED) is 0.409. The lowest BCUT2D eigenvalue weighted by atomic mass is 9.55. The Bertz CT molecular complexity index is 824. The van der Waals surface area contributed by atoms with E-state index in [-0.39, 0.29) is 23.0 Å². The second-order valence-corrected chi connectivity index (χ2v) is 14.1. The summed E-state index contributed by atoms with van der Waals surface area (Å²) in [6, 6.07) is 0. The smallest absolute Gasteiger partial charge is 0.0578 e. The molecular weight excluding hydrogens is 440 g/mol. The topological polar surface area (TPSA) is 40.5 Å². The summed E-state index contributed by atoms with van der Waals surface area (Å²) in [5, 5.41) is 19.8. The molecule has 6 atom stereocenters. The number of aliphatic hydroxyl groups excluding tert-OH is 2. The molecule has 0 radical (unpaired) electrons. The summed E-state index contributed by atoms with van der Waals surface area (Å²) in [7, 11) is 0. The summed E-state index contributed by atoms with van der Waals surface area (Å²) in [6.07, 6.45) is 15.0. The van der Waals surface area contributed by atoms with Gasteiger partial charge in [-0.1, -0.05) is 116 Å². The van der Waals surface area contributed by atoms with Gasteiger partial charge in [0.25, 0.3) is 0 Å². The Morgan fingerprint density at radius 2 is 0.944 bits per heavy atom. The van der Waals surface area contributed by atoms with Crippen molar-refractivity contribution in [3.63, 3.8) is 0 Å². The highest BCUT2D eigenvalue weighted by Crippen LogP contribution is 2.55. The van der Waals surface area contributed by atoms with Gasteiger partial charge in [-0.2, -0.15) is 0 Å². The van der Waals surface area contributed by atoms with Crippen LogP contribution in [0.5, 0.6) is 0 Å². The highest BCUT2D eigenvalue weighted by atomic mass is 16.3. The molecule has 2 N–H and O–H groups in total. The number of hydrogen-bond acceptors (Lipinski definition) is 2. The second-order valence-electron chi connectivity index (χ2n) is 14.1. The predicted molar refractivity (Wildman–Crippen MR) is 155 cm³/mol. The Labute approximate surface area is 223 Å². The normalized spacial score (nSPS) is 36.4. The zero-order valence-corrected chi connectivity index (χ0v) is 25.1. The zero-order chi connectivity index (χ0) is 27.0. The molecule has 0 aliphatic heterocycles. The fraction of sp³-hybridized carbons (Fsp3) is 0.765. The van der Waals surface area contributed by atoms with Crippen LogP contribution in [0.4, 0.5) is 0 Å². The molecule has 204 valence electrons. The maximum absolute atomic E-state index is 9.90. The van der Waals surface area contributed by atoms with Crippen LogP contribution in [0, 0.1) is 46.3 Å². The maximum Gasteiger partial charge on any atom is 0.0578 e. The summed E-state index contributed by atoms with van der Waals surface area (Å²) < 4.78 is 0. The predicted octanol–water partition coefficient (Wildman–Crippen LogP) is 8.66. The van der Waals surface area contributed by atoms with Gasteiger partial charge in [0.1, 0.15) is 0 Å². The Morgan fingerprint density at radius 1 is 0.611 bits per heavy atom. The molecule has 0 amide bonds. The van der Waals surface area contributed by atoms with Crippen molar-refractivity contribution in [2.24, 2.45) is 46.3 Å². The molecule has 0 spiro atoms. The van der Waals surface area contributed by atoms with Gasteiger partial charge in [-0.25, -0.2) is 0 Å². The Balaban J connectivity index is 0.000000201.